The van der Waals surface area contributed by atoms with Gasteiger partial charge in [0.2, 0.25) is 0 Å². The first-order chi connectivity index (χ1) is 8.68. The summed E-state index contributed by atoms with van der Waals surface area (Å²) in [4.78, 5) is 15.4. The molecule has 94 valence electrons. The van der Waals surface area contributed by atoms with Crippen LogP contribution in [0.5, 0.6) is 5.75 Å². The molecule has 0 radical (unpaired) electrons. The van der Waals surface area contributed by atoms with E-state index in [2.05, 4.69) is 4.98 Å². The number of carbonyl (C=O) groups is 1. The van der Waals surface area contributed by atoms with E-state index in [1.54, 1.807) is 16.7 Å². The maximum atomic E-state index is 11.2. The highest BCUT2D eigenvalue weighted by molar-refractivity contribution is 5.95. The van der Waals surface area contributed by atoms with Gasteiger partial charge in [-0.3, -0.25) is 4.40 Å². The van der Waals surface area contributed by atoms with Gasteiger partial charge in [0.15, 0.2) is 5.69 Å². The predicted octanol–water partition coefficient (Wildman–Crippen LogP) is 2.40. The highest BCUT2D eigenvalue weighted by atomic mass is 16.4. The standard InChI is InChI=1S/C13H14N2O3/c16-9-6-3-7-15-11(9)10(13(17)18)14-12(15)8-4-1-2-5-8/h3,6-8,16H,1-2,4-5H2,(H,17,18). The normalized spacial score (nSPS) is 16.4. The lowest BCUT2D eigenvalue weighted by atomic mass is 10.1. The molecule has 0 aromatic carbocycles. The van der Waals surface area contributed by atoms with Crippen LogP contribution in [0.2, 0.25) is 0 Å². The molecule has 2 heterocycles. The number of aromatic hydroxyl groups is 1. The lowest BCUT2D eigenvalue weighted by Crippen LogP contribution is -2.00. The Morgan fingerprint density at radius 3 is 2.78 bits per heavy atom. The smallest absolute Gasteiger partial charge is 0.356 e. The van der Waals surface area contributed by atoms with E-state index in [0.29, 0.717) is 11.4 Å². The number of fused-ring (bicyclic) bond motifs is 1. The molecule has 5 heteroatoms. The van der Waals surface area contributed by atoms with E-state index < -0.39 is 5.97 Å². The van der Waals surface area contributed by atoms with Crippen molar-refractivity contribution < 1.29 is 15.0 Å². The van der Waals surface area contributed by atoms with Crippen LogP contribution in [-0.2, 0) is 0 Å². The molecule has 0 saturated heterocycles. The molecule has 2 aromatic rings. The van der Waals surface area contributed by atoms with Gasteiger partial charge < -0.3 is 10.2 Å². The van der Waals surface area contributed by atoms with Gasteiger partial charge in [0.05, 0.1) is 0 Å². The molecule has 3 rings (SSSR count). The predicted molar refractivity (Wildman–Crippen MR) is 65.0 cm³/mol. The maximum Gasteiger partial charge on any atom is 0.356 e. The van der Waals surface area contributed by atoms with Gasteiger partial charge in [0.25, 0.3) is 0 Å². The first-order valence-corrected chi connectivity index (χ1v) is 6.11. The Morgan fingerprint density at radius 1 is 1.39 bits per heavy atom. The zero-order chi connectivity index (χ0) is 12.7. The minimum Gasteiger partial charge on any atom is -0.506 e. The molecule has 0 bridgehead atoms. The van der Waals surface area contributed by atoms with E-state index in [9.17, 15) is 15.0 Å². The lowest BCUT2D eigenvalue weighted by molar-refractivity contribution is 0.0693. The summed E-state index contributed by atoms with van der Waals surface area (Å²) in [6.45, 7) is 0. The minimum absolute atomic E-state index is 0.0355. The summed E-state index contributed by atoms with van der Waals surface area (Å²) in [7, 11) is 0. The van der Waals surface area contributed by atoms with Gasteiger partial charge in [-0.2, -0.15) is 0 Å². The summed E-state index contributed by atoms with van der Waals surface area (Å²) >= 11 is 0. The number of rotatable bonds is 2. The van der Waals surface area contributed by atoms with E-state index in [-0.39, 0.29) is 11.4 Å². The average molecular weight is 246 g/mol. The quantitative estimate of drug-likeness (QED) is 0.853. The maximum absolute atomic E-state index is 11.2. The number of imidazole rings is 1. The van der Waals surface area contributed by atoms with Gasteiger partial charge in [-0.15, -0.1) is 0 Å². The molecule has 1 aliphatic rings. The minimum atomic E-state index is -1.10. The Balaban J connectivity index is 2.26. The number of hydrogen-bond acceptors (Lipinski definition) is 3. The van der Waals surface area contributed by atoms with Crippen molar-refractivity contribution >= 4 is 11.5 Å². The van der Waals surface area contributed by atoms with Gasteiger partial charge in [-0.25, -0.2) is 9.78 Å². The largest absolute Gasteiger partial charge is 0.506 e. The number of nitrogens with zero attached hydrogens (tertiary/aromatic N) is 2. The molecule has 18 heavy (non-hydrogen) atoms. The molecular formula is C13H14N2O3. The Kier molecular flexibility index (Phi) is 2.47. The van der Waals surface area contributed by atoms with Crippen LogP contribution in [0.4, 0.5) is 0 Å². The highest BCUT2D eigenvalue weighted by Gasteiger charge is 2.26. The van der Waals surface area contributed by atoms with E-state index in [4.69, 9.17) is 0 Å². The van der Waals surface area contributed by atoms with E-state index in [0.717, 1.165) is 31.5 Å². The van der Waals surface area contributed by atoms with Crippen molar-refractivity contribution in [2.75, 3.05) is 0 Å². The van der Waals surface area contributed by atoms with Crippen molar-refractivity contribution in [3.05, 3.63) is 29.8 Å². The molecule has 0 atom stereocenters. The Morgan fingerprint density at radius 2 is 2.11 bits per heavy atom. The zero-order valence-corrected chi connectivity index (χ0v) is 9.83. The first-order valence-electron chi connectivity index (χ1n) is 6.11. The molecule has 5 nitrogen and oxygen atoms in total. The Bertz CT molecular complexity index is 612. The number of pyridine rings is 1. The fourth-order valence-corrected chi connectivity index (χ4v) is 2.77. The van der Waals surface area contributed by atoms with Crippen LogP contribution < -0.4 is 0 Å². The van der Waals surface area contributed by atoms with Gasteiger partial charge in [-0.05, 0) is 25.0 Å². The first kappa shape index (κ1) is 11.1. The topological polar surface area (TPSA) is 74.8 Å². The number of aromatic carboxylic acids is 1. The molecule has 2 N–H and O–H groups in total. The van der Waals surface area contributed by atoms with Gasteiger partial charge in [0.1, 0.15) is 17.1 Å². The SMILES string of the molecule is O=C(O)c1nc(C2CCCC2)n2cccc(O)c12. The molecule has 0 spiro atoms. The molecule has 0 unspecified atom stereocenters. The van der Waals surface area contributed by atoms with Gasteiger partial charge in [0, 0.05) is 12.1 Å². The average Bonchev–Trinajstić information content (AvgIpc) is 2.95. The summed E-state index contributed by atoms with van der Waals surface area (Å²) < 4.78 is 1.72. The van der Waals surface area contributed by atoms with Crippen LogP contribution in [0.15, 0.2) is 18.3 Å². The summed E-state index contributed by atoms with van der Waals surface area (Å²) in [6, 6.07) is 3.19. The monoisotopic (exact) mass is 246 g/mol. The molecule has 0 amide bonds. The summed E-state index contributed by atoms with van der Waals surface area (Å²) in [5, 5.41) is 19.0. The van der Waals surface area contributed by atoms with Gasteiger partial charge >= 0.3 is 5.97 Å². The van der Waals surface area contributed by atoms with Gasteiger partial charge in [-0.1, -0.05) is 12.8 Å². The van der Waals surface area contributed by atoms with Crippen LogP contribution >= 0.6 is 0 Å². The highest BCUT2D eigenvalue weighted by Crippen LogP contribution is 2.35. The van der Waals surface area contributed by atoms with Crippen molar-refractivity contribution in [1.29, 1.82) is 0 Å². The molecule has 1 fully saturated rings. The van der Waals surface area contributed by atoms with E-state index >= 15 is 0 Å². The fourth-order valence-electron chi connectivity index (χ4n) is 2.77. The van der Waals surface area contributed by atoms with Crippen LogP contribution in [0, 0.1) is 0 Å². The summed E-state index contributed by atoms with van der Waals surface area (Å²) in [5.74, 6) is -0.0758. The van der Waals surface area contributed by atoms with Crippen molar-refractivity contribution in [2.45, 2.75) is 31.6 Å². The van der Waals surface area contributed by atoms with Crippen molar-refractivity contribution in [3.63, 3.8) is 0 Å². The second-order valence-corrected chi connectivity index (χ2v) is 4.72. The van der Waals surface area contributed by atoms with Crippen LogP contribution in [-0.4, -0.2) is 25.6 Å². The number of hydrogen-bond donors (Lipinski definition) is 2. The third kappa shape index (κ3) is 1.54. The zero-order valence-electron chi connectivity index (χ0n) is 9.83. The third-order valence-corrected chi connectivity index (χ3v) is 3.59. The Hall–Kier alpha value is -2.04. The molecule has 1 aliphatic carbocycles. The summed E-state index contributed by atoms with van der Waals surface area (Å²) in [6.07, 6.45) is 6.14. The number of carboxylic acid groups (broad SMARTS) is 1. The second-order valence-electron chi connectivity index (χ2n) is 4.72. The second kappa shape index (κ2) is 4.01. The third-order valence-electron chi connectivity index (χ3n) is 3.59. The number of aromatic nitrogens is 2. The van der Waals surface area contributed by atoms with Crippen molar-refractivity contribution in [1.82, 2.24) is 9.38 Å². The number of carboxylic acids is 1. The van der Waals surface area contributed by atoms with Crippen LogP contribution in [0.25, 0.3) is 5.52 Å². The Labute approximate surface area is 104 Å². The molecule has 0 aliphatic heterocycles. The van der Waals surface area contributed by atoms with E-state index in [1.165, 1.54) is 6.07 Å². The van der Waals surface area contributed by atoms with Crippen molar-refractivity contribution in [2.24, 2.45) is 0 Å². The molecule has 2 aromatic heterocycles. The van der Waals surface area contributed by atoms with Crippen molar-refractivity contribution in [3.8, 4) is 5.75 Å². The van der Waals surface area contributed by atoms with Crippen LogP contribution in [0.1, 0.15) is 47.9 Å². The fraction of sp³-hybridized carbons (Fsp3) is 0.385. The molecular weight excluding hydrogens is 232 g/mol. The van der Waals surface area contributed by atoms with Crippen LogP contribution in [0.3, 0.4) is 0 Å². The summed E-state index contributed by atoms with van der Waals surface area (Å²) in [5.41, 5.74) is 0.238. The lowest BCUT2D eigenvalue weighted by Gasteiger charge is -2.07. The van der Waals surface area contributed by atoms with E-state index in [1.807, 2.05) is 0 Å². The molecule has 1 saturated carbocycles.